The second-order valence-corrected chi connectivity index (χ2v) is 6.19. The molecular weight excluding hydrogens is 306 g/mol. The van der Waals surface area contributed by atoms with Gasteiger partial charge in [0.25, 0.3) is 5.91 Å². The molecule has 0 bridgehead atoms. The van der Waals surface area contributed by atoms with Crippen molar-refractivity contribution < 1.29 is 14.3 Å². The molecule has 0 aliphatic carbocycles. The average molecular weight is 329 g/mol. The van der Waals surface area contributed by atoms with Crippen LogP contribution < -0.4 is 0 Å². The molecule has 0 atom stereocenters. The van der Waals surface area contributed by atoms with Crippen molar-refractivity contribution in [2.24, 2.45) is 0 Å². The van der Waals surface area contributed by atoms with Crippen LogP contribution in [0.3, 0.4) is 0 Å². The van der Waals surface area contributed by atoms with Crippen LogP contribution in [-0.4, -0.2) is 66.5 Å². The van der Waals surface area contributed by atoms with Crippen molar-refractivity contribution >= 4 is 22.7 Å². The van der Waals surface area contributed by atoms with Gasteiger partial charge < -0.3 is 19.5 Å². The van der Waals surface area contributed by atoms with E-state index in [1.54, 1.807) is 16.9 Å². The number of carbonyl (C=O) groups is 2. The minimum Gasteiger partial charge on any atom is -0.383 e. The van der Waals surface area contributed by atoms with Gasteiger partial charge in [0.1, 0.15) is 5.69 Å². The highest BCUT2D eigenvalue weighted by Crippen LogP contribution is 2.18. The Morgan fingerprint density at radius 2 is 2.08 bits per heavy atom. The highest BCUT2D eigenvalue weighted by Gasteiger charge is 2.25. The van der Waals surface area contributed by atoms with Crippen LogP contribution in [0.25, 0.3) is 10.9 Å². The van der Waals surface area contributed by atoms with E-state index in [-0.39, 0.29) is 11.8 Å². The van der Waals surface area contributed by atoms with Gasteiger partial charge in [-0.3, -0.25) is 9.59 Å². The minimum atomic E-state index is -0.0507. The predicted octanol–water partition coefficient (Wildman–Crippen LogP) is 1.80. The Bertz CT molecular complexity index is 753. The molecule has 6 nitrogen and oxygen atoms in total. The minimum absolute atomic E-state index is 0.0507. The molecule has 1 saturated heterocycles. The van der Waals surface area contributed by atoms with Gasteiger partial charge in [0.05, 0.1) is 6.61 Å². The molecule has 1 aromatic heterocycles. The molecule has 0 saturated carbocycles. The van der Waals surface area contributed by atoms with Crippen LogP contribution in [0.15, 0.2) is 24.3 Å². The molecule has 1 fully saturated rings. The Kier molecular flexibility index (Phi) is 4.85. The maximum absolute atomic E-state index is 12.8. The largest absolute Gasteiger partial charge is 0.383 e. The van der Waals surface area contributed by atoms with E-state index in [0.29, 0.717) is 44.9 Å². The number of hydrogen-bond donors (Lipinski definition) is 1. The molecule has 2 amide bonds. The van der Waals surface area contributed by atoms with Crippen molar-refractivity contribution in [3.8, 4) is 0 Å². The molecule has 1 aliphatic rings. The highest BCUT2D eigenvalue weighted by atomic mass is 16.5. The average Bonchev–Trinajstić information content (AvgIpc) is 2.90. The number of rotatable bonds is 4. The number of carbonyl (C=O) groups excluding carboxylic acids is 2. The molecule has 0 spiro atoms. The summed E-state index contributed by atoms with van der Waals surface area (Å²) in [5.41, 5.74) is 2.69. The number of aromatic amines is 1. The predicted molar refractivity (Wildman–Crippen MR) is 92.0 cm³/mol. The quantitative estimate of drug-likeness (QED) is 0.930. The standard InChI is InChI=1S/C18H23N3O3/c1-13-3-4-15-14(11-13)12-16(19-15)18(23)21-6-5-17(22)20(7-8-21)9-10-24-2/h3-4,11-12,19H,5-10H2,1-2H3. The first kappa shape index (κ1) is 16.5. The second-order valence-electron chi connectivity index (χ2n) is 6.19. The summed E-state index contributed by atoms with van der Waals surface area (Å²) in [7, 11) is 1.62. The number of amides is 2. The number of nitrogens with one attached hydrogen (secondary N) is 1. The fraction of sp³-hybridized carbons (Fsp3) is 0.444. The van der Waals surface area contributed by atoms with Crippen LogP contribution in [0.2, 0.25) is 0 Å². The summed E-state index contributed by atoms with van der Waals surface area (Å²) >= 11 is 0. The molecule has 128 valence electrons. The van der Waals surface area contributed by atoms with Crippen molar-refractivity contribution in [3.63, 3.8) is 0 Å². The van der Waals surface area contributed by atoms with Gasteiger partial charge in [0.15, 0.2) is 0 Å². The van der Waals surface area contributed by atoms with E-state index in [9.17, 15) is 9.59 Å². The van der Waals surface area contributed by atoms with Gasteiger partial charge in [-0.15, -0.1) is 0 Å². The van der Waals surface area contributed by atoms with E-state index in [1.807, 2.05) is 25.1 Å². The lowest BCUT2D eigenvalue weighted by atomic mass is 10.2. The number of aryl methyl sites for hydroxylation is 1. The van der Waals surface area contributed by atoms with Gasteiger partial charge in [0, 0.05) is 50.6 Å². The normalized spacial score (nSPS) is 15.8. The number of fused-ring (bicyclic) bond motifs is 1. The van der Waals surface area contributed by atoms with Crippen molar-refractivity contribution in [1.29, 1.82) is 0 Å². The van der Waals surface area contributed by atoms with Crippen LogP contribution in [0.4, 0.5) is 0 Å². The van der Waals surface area contributed by atoms with E-state index in [0.717, 1.165) is 16.5 Å². The first-order valence-electron chi connectivity index (χ1n) is 8.24. The zero-order valence-corrected chi connectivity index (χ0v) is 14.2. The fourth-order valence-electron chi connectivity index (χ4n) is 3.05. The molecule has 2 aromatic rings. The third-order valence-corrected chi connectivity index (χ3v) is 4.45. The third kappa shape index (κ3) is 3.43. The molecule has 1 aliphatic heterocycles. The SMILES string of the molecule is COCCN1CCN(C(=O)c2cc3cc(C)ccc3[nH]2)CCC1=O. The van der Waals surface area contributed by atoms with Gasteiger partial charge in [0.2, 0.25) is 5.91 Å². The topological polar surface area (TPSA) is 65.6 Å². The van der Waals surface area contributed by atoms with E-state index in [2.05, 4.69) is 11.1 Å². The lowest BCUT2D eigenvalue weighted by molar-refractivity contribution is -0.130. The second kappa shape index (κ2) is 7.05. The Hall–Kier alpha value is -2.34. The summed E-state index contributed by atoms with van der Waals surface area (Å²) in [6, 6.07) is 7.95. The van der Waals surface area contributed by atoms with Gasteiger partial charge in [-0.1, -0.05) is 11.6 Å². The molecule has 3 rings (SSSR count). The lowest BCUT2D eigenvalue weighted by Crippen LogP contribution is -2.37. The summed E-state index contributed by atoms with van der Waals surface area (Å²) in [5.74, 6) is 0.0277. The first-order valence-corrected chi connectivity index (χ1v) is 8.24. The summed E-state index contributed by atoms with van der Waals surface area (Å²) in [4.78, 5) is 31.6. The number of ether oxygens (including phenoxy) is 1. The van der Waals surface area contributed by atoms with Crippen molar-refractivity contribution in [2.75, 3.05) is 39.9 Å². The van der Waals surface area contributed by atoms with Gasteiger partial charge >= 0.3 is 0 Å². The zero-order valence-electron chi connectivity index (χ0n) is 14.2. The lowest BCUT2D eigenvalue weighted by Gasteiger charge is -2.21. The van der Waals surface area contributed by atoms with Gasteiger partial charge in [-0.25, -0.2) is 0 Å². The number of methoxy groups -OCH3 is 1. The van der Waals surface area contributed by atoms with Gasteiger partial charge in [-0.05, 0) is 25.1 Å². The van der Waals surface area contributed by atoms with Gasteiger partial charge in [-0.2, -0.15) is 0 Å². The van der Waals surface area contributed by atoms with Crippen LogP contribution in [0.5, 0.6) is 0 Å². The molecule has 1 N–H and O–H groups in total. The summed E-state index contributed by atoms with van der Waals surface area (Å²) in [6.45, 7) is 4.67. The highest BCUT2D eigenvalue weighted by molar-refractivity contribution is 5.98. The van der Waals surface area contributed by atoms with Crippen LogP contribution >= 0.6 is 0 Å². The van der Waals surface area contributed by atoms with Crippen molar-refractivity contribution in [1.82, 2.24) is 14.8 Å². The molecule has 24 heavy (non-hydrogen) atoms. The summed E-state index contributed by atoms with van der Waals surface area (Å²) in [5, 5.41) is 1.03. The van der Waals surface area contributed by atoms with Crippen LogP contribution in [0, 0.1) is 6.92 Å². The number of benzene rings is 1. The molecule has 0 radical (unpaired) electrons. The van der Waals surface area contributed by atoms with E-state index in [4.69, 9.17) is 4.74 Å². The Morgan fingerprint density at radius 1 is 1.25 bits per heavy atom. The Balaban J connectivity index is 1.73. The maximum atomic E-state index is 12.8. The molecule has 1 aromatic carbocycles. The van der Waals surface area contributed by atoms with Crippen molar-refractivity contribution in [3.05, 3.63) is 35.5 Å². The number of nitrogens with zero attached hydrogens (tertiary/aromatic N) is 2. The van der Waals surface area contributed by atoms with Crippen LogP contribution in [0.1, 0.15) is 22.5 Å². The van der Waals surface area contributed by atoms with E-state index in [1.165, 1.54) is 0 Å². The number of hydrogen-bond acceptors (Lipinski definition) is 3. The monoisotopic (exact) mass is 329 g/mol. The number of aromatic nitrogens is 1. The third-order valence-electron chi connectivity index (χ3n) is 4.45. The van der Waals surface area contributed by atoms with E-state index < -0.39 is 0 Å². The molecule has 6 heteroatoms. The Morgan fingerprint density at radius 3 is 2.88 bits per heavy atom. The zero-order chi connectivity index (χ0) is 17.1. The smallest absolute Gasteiger partial charge is 0.270 e. The van der Waals surface area contributed by atoms with Crippen LogP contribution in [-0.2, 0) is 9.53 Å². The Labute approximate surface area is 141 Å². The van der Waals surface area contributed by atoms with Crippen molar-refractivity contribution in [2.45, 2.75) is 13.3 Å². The molecular formula is C18H23N3O3. The maximum Gasteiger partial charge on any atom is 0.270 e. The molecule has 0 unspecified atom stereocenters. The molecule has 2 heterocycles. The summed E-state index contributed by atoms with van der Waals surface area (Å²) < 4.78 is 5.04. The first-order chi connectivity index (χ1) is 11.6. The fourth-order valence-corrected chi connectivity index (χ4v) is 3.05. The summed E-state index contributed by atoms with van der Waals surface area (Å²) in [6.07, 6.45) is 0.356. The van der Waals surface area contributed by atoms with E-state index >= 15 is 0 Å². The number of H-pyrrole nitrogens is 1.